The number of nitrogens with one attached hydrogen (secondary N) is 1. The smallest absolute Gasteiger partial charge is 0.0403 e. The summed E-state index contributed by atoms with van der Waals surface area (Å²) in [4.78, 5) is 0. The van der Waals surface area contributed by atoms with Gasteiger partial charge in [-0.2, -0.15) is 0 Å². The average molecular weight is 341 g/mol. The van der Waals surface area contributed by atoms with Crippen molar-refractivity contribution in [3.8, 4) is 0 Å². The first kappa shape index (κ1) is 18.0. The van der Waals surface area contributed by atoms with Crippen LogP contribution in [0.3, 0.4) is 0 Å². The van der Waals surface area contributed by atoms with Crippen LogP contribution in [-0.4, -0.2) is 0 Å². The number of hydrogen-bond donors (Lipinski definition) is 1. The fourth-order valence-corrected chi connectivity index (χ4v) is 3.26. The van der Waals surface area contributed by atoms with Gasteiger partial charge in [0.25, 0.3) is 0 Å². The maximum atomic E-state index is 3.85. The molecule has 1 N–H and O–H groups in total. The highest BCUT2D eigenvalue weighted by Crippen LogP contribution is 2.19. The number of rotatable bonds is 7. The van der Waals surface area contributed by atoms with Crippen LogP contribution in [0.1, 0.15) is 33.4 Å². The summed E-state index contributed by atoms with van der Waals surface area (Å²) < 4.78 is 0. The molecule has 0 aliphatic carbocycles. The van der Waals surface area contributed by atoms with Crippen LogP contribution in [0, 0.1) is 13.8 Å². The first-order valence-electron chi connectivity index (χ1n) is 9.25. The normalized spacial score (nSPS) is 10.5. The molecule has 0 fully saturated rings. The molecule has 0 spiro atoms. The zero-order chi connectivity index (χ0) is 18.4. The molecule has 0 unspecified atom stereocenters. The van der Waals surface area contributed by atoms with Crippen LogP contribution < -0.4 is 5.32 Å². The highest BCUT2D eigenvalue weighted by atomic mass is 14.9. The van der Waals surface area contributed by atoms with E-state index in [1.807, 2.05) is 6.08 Å². The summed E-state index contributed by atoms with van der Waals surface area (Å²) in [6, 6.07) is 24.0. The molecule has 3 aromatic rings. The highest BCUT2D eigenvalue weighted by molar-refractivity contribution is 5.58. The van der Waals surface area contributed by atoms with Crippen molar-refractivity contribution in [2.24, 2.45) is 0 Å². The Bertz CT molecular complexity index is 878. The third kappa shape index (κ3) is 4.64. The summed E-state index contributed by atoms with van der Waals surface area (Å²) in [5, 5.41) is 3.54. The first-order valence-corrected chi connectivity index (χ1v) is 9.25. The van der Waals surface area contributed by atoms with Crippen molar-refractivity contribution < 1.29 is 0 Å². The van der Waals surface area contributed by atoms with Crippen LogP contribution in [0.5, 0.6) is 0 Å². The Labute approximate surface area is 157 Å². The Morgan fingerprint density at radius 3 is 2.27 bits per heavy atom. The van der Waals surface area contributed by atoms with Crippen molar-refractivity contribution in [2.75, 3.05) is 5.32 Å². The Hall–Kier alpha value is -2.80. The van der Waals surface area contributed by atoms with Crippen molar-refractivity contribution in [3.63, 3.8) is 0 Å². The predicted molar refractivity (Wildman–Crippen MR) is 114 cm³/mol. The highest BCUT2D eigenvalue weighted by Gasteiger charge is 2.03. The summed E-state index contributed by atoms with van der Waals surface area (Å²) in [6.07, 6.45) is 4.07. The number of hydrogen-bond acceptors (Lipinski definition) is 1. The maximum Gasteiger partial charge on any atom is 0.0403 e. The molecule has 1 nitrogen and oxygen atoms in total. The van der Waals surface area contributed by atoms with Crippen molar-refractivity contribution >= 4 is 11.8 Å². The lowest BCUT2D eigenvalue weighted by molar-refractivity contribution is 0.953. The Morgan fingerprint density at radius 2 is 1.58 bits per heavy atom. The van der Waals surface area contributed by atoms with Crippen LogP contribution in [0.15, 0.2) is 73.3 Å². The molecule has 3 rings (SSSR count). The predicted octanol–water partition coefficient (Wildman–Crippen LogP) is 6.34. The van der Waals surface area contributed by atoms with Gasteiger partial charge in [0.05, 0.1) is 0 Å². The van der Waals surface area contributed by atoms with Gasteiger partial charge in [-0.25, -0.2) is 0 Å². The molecule has 0 saturated heterocycles. The number of benzene rings is 3. The minimum atomic E-state index is 0.845. The lowest BCUT2D eigenvalue weighted by Gasteiger charge is -2.12. The lowest BCUT2D eigenvalue weighted by atomic mass is 10.00. The molecule has 26 heavy (non-hydrogen) atoms. The van der Waals surface area contributed by atoms with E-state index in [9.17, 15) is 0 Å². The zero-order valence-corrected chi connectivity index (χ0v) is 15.8. The molecule has 0 aliphatic heterocycles. The van der Waals surface area contributed by atoms with Crippen LogP contribution in [0.4, 0.5) is 5.69 Å². The van der Waals surface area contributed by atoms with Gasteiger partial charge in [-0.05, 0) is 72.2 Å². The summed E-state index contributed by atoms with van der Waals surface area (Å²) >= 11 is 0. The monoisotopic (exact) mass is 341 g/mol. The van der Waals surface area contributed by atoms with E-state index in [1.54, 1.807) is 0 Å². The molecule has 0 aromatic heterocycles. The van der Waals surface area contributed by atoms with Crippen LogP contribution >= 0.6 is 0 Å². The van der Waals surface area contributed by atoms with Gasteiger partial charge in [-0.15, -0.1) is 0 Å². The van der Waals surface area contributed by atoms with Crippen LogP contribution in [0.25, 0.3) is 6.08 Å². The van der Waals surface area contributed by atoms with Crippen molar-refractivity contribution in [3.05, 3.63) is 107 Å². The van der Waals surface area contributed by atoms with E-state index in [0.29, 0.717) is 0 Å². The Kier molecular flexibility index (Phi) is 5.91. The van der Waals surface area contributed by atoms with Gasteiger partial charge in [-0.1, -0.05) is 67.3 Å². The van der Waals surface area contributed by atoms with E-state index in [4.69, 9.17) is 0 Å². The second kappa shape index (κ2) is 8.53. The third-order valence-electron chi connectivity index (χ3n) is 4.92. The van der Waals surface area contributed by atoms with Crippen molar-refractivity contribution in [1.82, 2.24) is 0 Å². The fourth-order valence-electron chi connectivity index (χ4n) is 3.26. The molecule has 0 bridgehead atoms. The largest absolute Gasteiger partial charge is 0.381 e. The molecule has 0 amide bonds. The second-order valence-corrected chi connectivity index (χ2v) is 6.88. The Morgan fingerprint density at radius 1 is 0.808 bits per heavy atom. The van der Waals surface area contributed by atoms with Gasteiger partial charge in [-0.3, -0.25) is 0 Å². The molecule has 0 heterocycles. The topological polar surface area (TPSA) is 12.0 Å². The SMILES string of the molecule is C=Cc1ccc(NCc2ccc(CCc3ccccc3)cc2C)cc1C. The van der Waals surface area contributed by atoms with Gasteiger partial charge >= 0.3 is 0 Å². The van der Waals surface area contributed by atoms with E-state index in [2.05, 4.69) is 92.5 Å². The molecule has 0 aliphatic rings. The van der Waals surface area contributed by atoms with Gasteiger partial charge in [0, 0.05) is 12.2 Å². The summed E-state index contributed by atoms with van der Waals surface area (Å²) in [6.45, 7) is 9.02. The van der Waals surface area contributed by atoms with E-state index in [1.165, 1.54) is 33.4 Å². The van der Waals surface area contributed by atoms with Gasteiger partial charge < -0.3 is 5.32 Å². The maximum absolute atomic E-state index is 3.85. The molecule has 0 atom stereocenters. The van der Waals surface area contributed by atoms with Crippen LogP contribution in [0.2, 0.25) is 0 Å². The molecular weight excluding hydrogens is 314 g/mol. The molecule has 0 saturated carbocycles. The second-order valence-electron chi connectivity index (χ2n) is 6.88. The molecule has 0 radical (unpaired) electrons. The lowest BCUT2D eigenvalue weighted by Crippen LogP contribution is -2.02. The standard InChI is InChI=1S/C25H27N/c1-4-23-14-15-25(17-20(23)3)26-18-24-13-12-22(16-19(24)2)11-10-21-8-6-5-7-9-21/h4-9,12-17,26H,1,10-11,18H2,2-3H3. The molecule has 1 heteroatoms. The fraction of sp³-hybridized carbons (Fsp3) is 0.200. The minimum Gasteiger partial charge on any atom is -0.381 e. The Balaban J connectivity index is 1.60. The summed E-state index contributed by atoms with van der Waals surface area (Å²) in [5.74, 6) is 0. The zero-order valence-electron chi connectivity index (χ0n) is 15.8. The van der Waals surface area contributed by atoms with Gasteiger partial charge in [0.2, 0.25) is 0 Å². The van der Waals surface area contributed by atoms with Crippen molar-refractivity contribution in [1.29, 1.82) is 0 Å². The third-order valence-corrected chi connectivity index (χ3v) is 4.92. The van der Waals surface area contributed by atoms with Crippen LogP contribution in [-0.2, 0) is 19.4 Å². The summed E-state index contributed by atoms with van der Waals surface area (Å²) in [7, 11) is 0. The van der Waals surface area contributed by atoms with Crippen molar-refractivity contribution in [2.45, 2.75) is 33.2 Å². The molecule has 132 valence electrons. The van der Waals surface area contributed by atoms with E-state index in [-0.39, 0.29) is 0 Å². The molecular formula is C25H27N. The van der Waals surface area contributed by atoms with Gasteiger partial charge in [0.1, 0.15) is 0 Å². The number of aryl methyl sites for hydroxylation is 4. The number of anilines is 1. The minimum absolute atomic E-state index is 0.845. The van der Waals surface area contributed by atoms with E-state index in [0.717, 1.165) is 25.1 Å². The quantitative estimate of drug-likeness (QED) is 0.528. The van der Waals surface area contributed by atoms with E-state index < -0.39 is 0 Å². The van der Waals surface area contributed by atoms with Gasteiger partial charge in [0.15, 0.2) is 0 Å². The average Bonchev–Trinajstić information content (AvgIpc) is 2.66. The summed E-state index contributed by atoms with van der Waals surface area (Å²) in [5.41, 5.74) is 9.09. The van der Waals surface area contributed by atoms with E-state index >= 15 is 0 Å². The molecule has 3 aromatic carbocycles. The first-order chi connectivity index (χ1) is 12.7.